The molecule has 0 radical (unpaired) electrons. The molecule has 2 aromatic rings. The molecule has 0 aromatic heterocycles. The minimum absolute atomic E-state index is 0.160. The van der Waals surface area contributed by atoms with E-state index in [0.717, 1.165) is 11.1 Å². The van der Waals surface area contributed by atoms with E-state index in [0.29, 0.717) is 18.6 Å². The Labute approximate surface area is 164 Å². The molecule has 0 spiro atoms. The topological polar surface area (TPSA) is 63.5 Å². The molecule has 1 saturated carbocycles. The van der Waals surface area contributed by atoms with Crippen molar-refractivity contribution in [1.29, 1.82) is 0 Å². The summed E-state index contributed by atoms with van der Waals surface area (Å²) in [5, 5.41) is 0. The maximum absolute atomic E-state index is 13.5. The number of amides is 1. The molecule has 144 valence electrons. The second kappa shape index (κ2) is 8.30. The van der Waals surface area contributed by atoms with Crippen molar-refractivity contribution in [3.8, 4) is 0 Å². The molecule has 0 bridgehead atoms. The highest BCUT2D eigenvalue weighted by Gasteiger charge is 2.60. The van der Waals surface area contributed by atoms with Gasteiger partial charge in [-0.2, -0.15) is 0 Å². The fourth-order valence-corrected chi connectivity index (χ4v) is 3.36. The summed E-state index contributed by atoms with van der Waals surface area (Å²) >= 11 is 0. The molecule has 0 atom stereocenters. The molecule has 0 saturated heterocycles. The number of Topliss-reactive ketones (excluding diaryl/α,β-unsaturated/α-hetero) is 1. The zero-order valence-electron chi connectivity index (χ0n) is 16.2. The van der Waals surface area contributed by atoms with E-state index >= 15 is 0 Å². The first-order valence-electron chi connectivity index (χ1n) is 9.46. The quantitative estimate of drug-likeness (QED) is 0.322. The Hall–Kier alpha value is -3.08. The molecule has 0 aliphatic heterocycles. The van der Waals surface area contributed by atoms with Crippen LogP contribution in [0.4, 0.5) is 0 Å². The highest BCUT2D eigenvalue weighted by atomic mass is 16.5. The molecule has 0 N–H and O–H groups in total. The molecule has 0 heterocycles. The van der Waals surface area contributed by atoms with E-state index in [-0.39, 0.29) is 24.8 Å². The summed E-state index contributed by atoms with van der Waals surface area (Å²) in [6.07, 6.45) is 1.02. The first kappa shape index (κ1) is 19.7. The Morgan fingerprint density at radius 1 is 0.929 bits per heavy atom. The average Bonchev–Trinajstić information content (AvgIpc) is 3.51. The van der Waals surface area contributed by atoms with Gasteiger partial charge in [-0.1, -0.05) is 36.4 Å². The molecule has 1 aliphatic carbocycles. The first-order valence-corrected chi connectivity index (χ1v) is 9.46. The smallest absolute Gasteiger partial charge is 0.401 e. The zero-order chi connectivity index (χ0) is 20.1. The van der Waals surface area contributed by atoms with Crippen LogP contribution in [-0.2, 0) is 19.1 Å². The number of carbonyl (C=O) groups is 3. The number of hydrogen-bond donors (Lipinski definition) is 0. The van der Waals surface area contributed by atoms with Gasteiger partial charge in [0.1, 0.15) is 5.78 Å². The zero-order valence-corrected chi connectivity index (χ0v) is 16.2. The molecule has 3 rings (SSSR count). The summed E-state index contributed by atoms with van der Waals surface area (Å²) in [5.74, 6) is -0.998. The van der Waals surface area contributed by atoms with E-state index in [9.17, 15) is 14.4 Å². The summed E-state index contributed by atoms with van der Waals surface area (Å²) in [7, 11) is 0. The molecule has 28 heavy (non-hydrogen) atoms. The number of benzene rings is 2. The van der Waals surface area contributed by atoms with Gasteiger partial charge >= 0.3 is 11.9 Å². The van der Waals surface area contributed by atoms with Gasteiger partial charge in [-0.05, 0) is 51.0 Å². The van der Waals surface area contributed by atoms with Crippen molar-refractivity contribution in [2.24, 2.45) is 5.41 Å². The van der Waals surface area contributed by atoms with E-state index in [1.54, 1.807) is 6.92 Å². The molecule has 0 unspecified atom stereocenters. The van der Waals surface area contributed by atoms with E-state index < -0.39 is 11.4 Å². The fraction of sp³-hybridized carbons (Fsp3) is 0.304. The molecular formula is C23H24NO4+. The van der Waals surface area contributed by atoms with E-state index in [1.165, 1.54) is 11.5 Å². The Kier molecular flexibility index (Phi) is 5.83. The summed E-state index contributed by atoms with van der Waals surface area (Å²) < 4.78 is 6.53. The minimum atomic E-state index is -1.03. The van der Waals surface area contributed by atoms with Crippen LogP contribution in [0.15, 0.2) is 60.7 Å². The maximum atomic E-state index is 13.5. The molecule has 1 amide bonds. The second-order valence-electron chi connectivity index (χ2n) is 6.92. The van der Waals surface area contributed by atoms with Crippen molar-refractivity contribution < 1.29 is 23.7 Å². The largest absolute Gasteiger partial charge is 0.461 e. The van der Waals surface area contributed by atoms with E-state index in [2.05, 4.69) is 0 Å². The Morgan fingerprint density at radius 2 is 1.43 bits per heavy atom. The SMILES string of the molecule is CCOC(=O)C[N+](C(=O)C1(C(C)=O)CC1)=C(c1ccccc1)c1ccccc1. The number of rotatable bonds is 7. The van der Waals surface area contributed by atoms with Crippen LogP contribution in [0.1, 0.15) is 37.8 Å². The number of esters is 1. The summed E-state index contributed by atoms with van der Waals surface area (Å²) in [6, 6.07) is 18.9. The van der Waals surface area contributed by atoms with Crippen molar-refractivity contribution in [2.45, 2.75) is 26.7 Å². The number of ketones is 1. The molecule has 1 fully saturated rings. The van der Waals surface area contributed by atoms with Crippen LogP contribution < -0.4 is 0 Å². The van der Waals surface area contributed by atoms with Gasteiger partial charge in [-0.15, -0.1) is 4.58 Å². The lowest BCUT2D eigenvalue weighted by Gasteiger charge is -2.13. The summed E-state index contributed by atoms with van der Waals surface area (Å²) in [5.41, 5.74) is 1.17. The molecule has 1 aliphatic rings. The Bertz CT molecular complexity index is 871. The van der Waals surface area contributed by atoms with Crippen LogP contribution in [0.3, 0.4) is 0 Å². The number of ether oxygens (including phenoxy) is 1. The second-order valence-corrected chi connectivity index (χ2v) is 6.92. The Balaban J connectivity index is 2.22. The van der Waals surface area contributed by atoms with Crippen molar-refractivity contribution in [2.75, 3.05) is 13.2 Å². The van der Waals surface area contributed by atoms with Crippen molar-refractivity contribution >= 4 is 23.4 Å². The summed E-state index contributed by atoms with van der Waals surface area (Å²) in [6.45, 7) is 3.16. The third-order valence-corrected chi connectivity index (χ3v) is 5.04. The van der Waals surface area contributed by atoms with Crippen LogP contribution in [0.2, 0.25) is 0 Å². The molecule has 5 nitrogen and oxygen atoms in total. The van der Waals surface area contributed by atoms with Gasteiger partial charge in [0.05, 0.1) is 6.61 Å². The lowest BCUT2D eigenvalue weighted by molar-refractivity contribution is -0.444. The first-order chi connectivity index (χ1) is 13.5. The van der Waals surface area contributed by atoms with Crippen molar-refractivity contribution in [1.82, 2.24) is 0 Å². The van der Waals surface area contributed by atoms with Gasteiger partial charge in [0, 0.05) is 11.1 Å². The minimum Gasteiger partial charge on any atom is -0.461 e. The van der Waals surface area contributed by atoms with Gasteiger partial charge in [-0.25, -0.2) is 9.59 Å². The van der Waals surface area contributed by atoms with Crippen LogP contribution >= 0.6 is 0 Å². The normalized spacial score (nSPS) is 14.1. The third kappa shape index (κ3) is 3.93. The predicted molar refractivity (Wildman–Crippen MR) is 105 cm³/mol. The standard InChI is InChI=1S/C23H24NO4/c1-3-28-20(26)16-24(22(27)23(14-15-23)17(2)25)21(18-10-6-4-7-11-18)19-12-8-5-9-13-19/h4-13H,3,14-16H2,1-2H3/q+1. The average molecular weight is 378 g/mol. The van der Waals surface area contributed by atoms with Crippen molar-refractivity contribution in [3.63, 3.8) is 0 Å². The van der Waals surface area contributed by atoms with Crippen LogP contribution in [-0.4, -0.2) is 41.1 Å². The monoisotopic (exact) mass is 378 g/mol. The van der Waals surface area contributed by atoms with E-state index in [1.807, 2.05) is 60.7 Å². The van der Waals surface area contributed by atoms with Gasteiger partial charge in [0.25, 0.3) is 0 Å². The lowest BCUT2D eigenvalue weighted by Crippen LogP contribution is -2.41. The predicted octanol–water partition coefficient (Wildman–Crippen LogP) is 3.00. The highest BCUT2D eigenvalue weighted by Crippen LogP contribution is 2.47. The highest BCUT2D eigenvalue weighted by molar-refractivity contribution is 6.14. The lowest BCUT2D eigenvalue weighted by atomic mass is 9.97. The van der Waals surface area contributed by atoms with Crippen LogP contribution in [0.25, 0.3) is 0 Å². The Morgan fingerprint density at radius 3 is 1.82 bits per heavy atom. The van der Waals surface area contributed by atoms with Gasteiger partial charge in [0.2, 0.25) is 12.3 Å². The van der Waals surface area contributed by atoms with Gasteiger partial charge < -0.3 is 4.74 Å². The molecular weight excluding hydrogens is 354 g/mol. The van der Waals surface area contributed by atoms with Gasteiger partial charge in [0.15, 0.2) is 5.41 Å². The third-order valence-electron chi connectivity index (χ3n) is 5.04. The molecule has 2 aromatic carbocycles. The van der Waals surface area contributed by atoms with Crippen LogP contribution in [0, 0.1) is 5.41 Å². The van der Waals surface area contributed by atoms with Gasteiger partial charge in [-0.3, -0.25) is 4.79 Å². The number of hydrogen-bond acceptors (Lipinski definition) is 4. The van der Waals surface area contributed by atoms with Crippen molar-refractivity contribution in [3.05, 3.63) is 71.8 Å². The molecule has 5 heteroatoms. The van der Waals surface area contributed by atoms with Crippen LogP contribution in [0.5, 0.6) is 0 Å². The fourth-order valence-electron chi connectivity index (χ4n) is 3.36. The maximum Gasteiger partial charge on any atom is 0.401 e. The number of nitrogens with zero attached hydrogens (tertiary/aromatic N) is 1. The summed E-state index contributed by atoms with van der Waals surface area (Å²) in [4.78, 5) is 38.0. The number of carbonyl (C=O) groups excluding carboxylic acids is 3. The van der Waals surface area contributed by atoms with E-state index in [4.69, 9.17) is 4.74 Å².